The van der Waals surface area contributed by atoms with E-state index in [-0.39, 0.29) is 5.75 Å². The van der Waals surface area contributed by atoms with Crippen LogP contribution in [0.15, 0.2) is 53.4 Å². The molecule has 0 spiro atoms. The highest BCUT2D eigenvalue weighted by atomic mass is 32.2. The number of nitrogens with zero attached hydrogens (tertiary/aromatic N) is 1. The molecule has 0 bridgehead atoms. The number of rotatable bonds is 3. The number of benzene rings is 2. The van der Waals surface area contributed by atoms with Crippen LogP contribution in [0.3, 0.4) is 0 Å². The smallest absolute Gasteiger partial charge is 0.182 e. The summed E-state index contributed by atoms with van der Waals surface area (Å²) in [5, 5.41) is 0.989. The van der Waals surface area contributed by atoms with Crippen LogP contribution in [0.5, 0.6) is 0 Å². The highest BCUT2D eigenvalue weighted by molar-refractivity contribution is 7.90. The predicted molar refractivity (Wildman–Crippen MR) is 81.7 cm³/mol. The maximum Gasteiger partial charge on any atom is 0.182 e. The summed E-state index contributed by atoms with van der Waals surface area (Å²) in [6.07, 6.45) is 0. The third kappa shape index (κ3) is 2.59. The molecule has 0 atom stereocenters. The molecule has 5 heteroatoms. The molecule has 0 fully saturated rings. The molecule has 2 aromatic carbocycles. The van der Waals surface area contributed by atoms with E-state index < -0.39 is 9.84 Å². The molecule has 3 nitrogen and oxygen atoms in total. The van der Waals surface area contributed by atoms with Crippen molar-refractivity contribution in [1.29, 1.82) is 0 Å². The molecule has 0 aliphatic heterocycles. The monoisotopic (exact) mass is 303 g/mol. The lowest BCUT2D eigenvalue weighted by molar-refractivity contribution is 0.595. The van der Waals surface area contributed by atoms with Crippen LogP contribution in [0.25, 0.3) is 10.2 Å². The van der Waals surface area contributed by atoms with Crippen molar-refractivity contribution in [2.24, 2.45) is 0 Å². The normalized spacial score (nSPS) is 11.8. The predicted octanol–water partition coefficient (Wildman–Crippen LogP) is 3.58. The summed E-state index contributed by atoms with van der Waals surface area (Å²) < 4.78 is 25.7. The Morgan fingerprint density at radius 2 is 1.85 bits per heavy atom. The van der Waals surface area contributed by atoms with Crippen LogP contribution in [0.1, 0.15) is 10.6 Å². The number of fused-ring (bicyclic) bond motifs is 1. The van der Waals surface area contributed by atoms with Crippen molar-refractivity contribution in [2.45, 2.75) is 17.6 Å². The Hall–Kier alpha value is -1.72. The molecular weight excluding hydrogens is 290 g/mol. The number of sulfone groups is 1. The van der Waals surface area contributed by atoms with Crippen LogP contribution in [0.4, 0.5) is 0 Å². The Bertz CT molecular complexity index is 852. The zero-order valence-electron chi connectivity index (χ0n) is 10.9. The van der Waals surface area contributed by atoms with Gasteiger partial charge in [0.15, 0.2) is 9.84 Å². The molecule has 1 heterocycles. The lowest BCUT2D eigenvalue weighted by atomic mass is 10.2. The minimum atomic E-state index is -3.30. The summed E-state index contributed by atoms with van der Waals surface area (Å²) >= 11 is 1.61. The molecule has 0 aliphatic carbocycles. The van der Waals surface area contributed by atoms with Gasteiger partial charge in [0.2, 0.25) is 0 Å². The number of aromatic nitrogens is 1. The highest BCUT2D eigenvalue weighted by Crippen LogP contribution is 2.24. The van der Waals surface area contributed by atoms with Gasteiger partial charge in [0.05, 0.1) is 25.9 Å². The summed E-state index contributed by atoms with van der Waals surface area (Å²) in [6, 6.07) is 14.2. The Balaban J connectivity index is 1.96. The Labute approximate surface area is 121 Å². The van der Waals surface area contributed by atoms with Crippen LogP contribution in [0, 0.1) is 6.92 Å². The van der Waals surface area contributed by atoms with Crippen LogP contribution in [-0.4, -0.2) is 13.4 Å². The largest absolute Gasteiger partial charge is 0.242 e. The second-order valence-electron chi connectivity index (χ2n) is 4.61. The first-order valence-electron chi connectivity index (χ1n) is 6.18. The number of aryl methyl sites for hydroxylation is 1. The van der Waals surface area contributed by atoms with Crippen LogP contribution in [-0.2, 0) is 15.6 Å². The van der Waals surface area contributed by atoms with Crippen molar-refractivity contribution >= 4 is 31.4 Å². The second-order valence-corrected chi connectivity index (χ2v) is 7.83. The van der Waals surface area contributed by atoms with Crippen LogP contribution >= 0.6 is 11.3 Å². The topological polar surface area (TPSA) is 47.0 Å². The first-order chi connectivity index (χ1) is 9.54. The van der Waals surface area contributed by atoms with Crippen molar-refractivity contribution < 1.29 is 8.42 Å². The van der Waals surface area contributed by atoms with Gasteiger partial charge >= 0.3 is 0 Å². The van der Waals surface area contributed by atoms with Gasteiger partial charge in [0.1, 0.15) is 0 Å². The molecule has 1 aromatic heterocycles. The van der Waals surface area contributed by atoms with E-state index in [1.54, 1.807) is 35.6 Å². The molecule has 3 aromatic rings. The van der Waals surface area contributed by atoms with Crippen molar-refractivity contribution in [3.05, 3.63) is 59.1 Å². The Kier molecular flexibility index (Phi) is 3.31. The lowest BCUT2D eigenvalue weighted by Gasteiger charge is -2.04. The Morgan fingerprint density at radius 3 is 2.60 bits per heavy atom. The zero-order chi connectivity index (χ0) is 14.2. The van der Waals surface area contributed by atoms with Gasteiger partial charge in [-0.25, -0.2) is 13.4 Å². The van der Waals surface area contributed by atoms with Gasteiger partial charge in [0.25, 0.3) is 0 Å². The molecule has 20 heavy (non-hydrogen) atoms. The number of hydrogen-bond donors (Lipinski definition) is 0. The van der Waals surface area contributed by atoms with Crippen molar-refractivity contribution in [1.82, 2.24) is 4.98 Å². The van der Waals surface area contributed by atoms with E-state index in [1.807, 2.05) is 31.2 Å². The first-order valence-corrected chi connectivity index (χ1v) is 8.65. The fraction of sp³-hybridized carbons (Fsp3) is 0.133. The standard InChI is InChI=1S/C15H13NO2S2/c1-11-16-14-9-12(7-8-15(14)19-11)10-20(17,18)13-5-3-2-4-6-13/h2-9H,10H2,1H3. The lowest BCUT2D eigenvalue weighted by Crippen LogP contribution is -2.04. The molecular formula is C15H13NO2S2. The summed E-state index contributed by atoms with van der Waals surface area (Å²) in [5.41, 5.74) is 1.64. The van der Waals surface area contributed by atoms with Gasteiger partial charge in [0, 0.05) is 0 Å². The fourth-order valence-corrected chi connectivity index (χ4v) is 4.27. The highest BCUT2D eigenvalue weighted by Gasteiger charge is 2.15. The van der Waals surface area contributed by atoms with Gasteiger partial charge in [-0.15, -0.1) is 11.3 Å². The van der Waals surface area contributed by atoms with Crippen molar-refractivity contribution in [2.75, 3.05) is 0 Å². The number of hydrogen-bond acceptors (Lipinski definition) is 4. The minimum Gasteiger partial charge on any atom is -0.242 e. The minimum absolute atomic E-state index is 0.00350. The molecule has 0 saturated heterocycles. The molecule has 3 rings (SSSR count). The molecule has 0 saturated carbocycles. The first kappa shape index (κ1) is 13.3. The van der Waals surface area contributed by atoms with E-state index in [9.17, 15) is 8.42 Å². The maximum absolute atomic E-state index is 12.3. The molecule has 102 valence electrons. The van der Waals surface area contributed by atoms with Gasteiger partial charge in [-0.3, -0.25) is 0 Å². The van der Waals surface area contributed by atoms with Gasteiger partial charge < -0.3 is 0 Å². The van der Waals surface area contributed by atoms with E-state index in [1.165, 1.54) is 0 Å². The third-order valence-corrected chi connectivity index (χ3v) is 5.67. The van der Waals surface area contributed by atoms with Crippen molar-refractivity contribution in [3.63, 3.8) is 0 Å². The Morgan fingerprint density at radius 1 is 1.10 bits per heavy atom. The third-order valence-electron chi connectivity index (χ3n) is 3.02. The van der Waals surface area contributed by atoms with Gasteiger partial charge in [-0.2, -0.15) is 0 Å². The average molecular weight is 303 g/mol. The second kappa shape index (κ2) is 5.00. The zero-order valence-corrected chi connectivity index (χ0v) is 12.5. The number of thiazole rings is 1. The molecule has 0 amide bonds. The van der Waals surface area contributed by atoms with Crippen molar-refractivity contribution in [3.8, 4) is 0 Å². The van der Waals surface area contributed by atoms with E-state index in [4.69, 9.17) is 0 Å². The van der Waals surface area contributed by atoms with Crippen LogP contribution < -0.4 is 0 Å². The quantitative estimate of drug-likeness (QED) is 0.743. The summed E-state index contributed by atoms with van der Waals surface area (Å²) in [4.78, 5) is 4.76. The molecule has 0 N–H and O–H groups in total. The van der Waals surface area contributed by atoms with E-state index in [0.29, 0.717) is 4.90 Å². The average Bonchev–Trinajstić information content (AvgIpc) is 2.79. The SMILES string of the molecule is Cc1nc2cc(CS(=O)(=O)c3ccccc3)ccc2s1. The van der Waals surface area contributed by atoms with E-state index in [2.05, 4.69) is 4.98 Å². The maximum atomic E-state index is 12.3. The molecule has 0 unspecified atom stereocenters. The van der Waals surface area contributed by atoms with E-state index >= 15 is 0 Å². The van der Waals surface area contributed by atoms with Gasteiger partial charge in [-0.1, -0.05) is 24.3 Å². The van der Waals surface area contributed by atoms with Gasteiger partial charge in [-0.05, 0) is 36.8 Å². The summed E-state index contributed by atoms with van der Waals surface area (Å²) in [5.74, 6) is 0.00350. The fourth-order valence-electron chi connectivity index (χ4n) is 2.11. The molecule has 0 radical (unpaired) electrons. The molecule has 0 aliphatic rings. The van der Waals surface area contributed by atoms with Crippen LogP contribution in [0.2, 0.25) is 0 Å². The van der Waals surface area contributed by atoms with E-state index in [0.717, 1.165) is 20.8 Å². The summed E-state index contributed by atoms with van der Waals surface area (Å²) in [7, 11) is -3.30. The summed E-state index contributed by atoms with van der Waals surface area (Å²) in [6.45, 7) is 1.95.